The summed E-state index contributed by atoms with van der Waals surface area (Å²) < 4.78 is 10.3. The third-order valence-electron chi connectivity index (χ3n) is 3.51. The van der Waals surface area contributed by atoms with E-state index in [0.29, 0.717) is 30.8 Å². The van der Waals surface area contributed by atoms with Crippen molar-refractivity contribution in [3.8, 4) is 0 Å². The van der Waals surface area contributed by atoms with Gasteiger partial charge in [-0.1, -0.05) is 29.8 Å². The van der Waals surface area contributed by atoms with E-state index >= 15 is 0 Å². The summed E-state index contributed by atoms with van der Waals surface area (Å²) in [7, 11) is 0. The molecule has 27 heavy (non-hydrogen) atoms. The van der Waals surface area contributed by atoms with Crippen LogP contribution in [0, 0.1) is 0 Å². The van der Waals surface area contributed by atoms with Crippen molar-refractivity contribution < 1.29 is 24.2 Å². The molecule has 0 aliphatic rings. The maximum atomic E-state index is 11.7. The van der Waals surface area contributed by atoms with E-state index in [-0.39, 0.29) is 19.3 Å². The minimum Gasteiger partial charge on any atom is -0.445 e. The molecular weight excluding hydrogens is 372 g/mol. The molecule has 1 aromatic rings. The predicted molar refractivity (Wildman–Crippen MR) is 104 cm³/mol. The van der Waals surface area contributed by atoms with E-state index in [0.717, 1.165) is 5.56 Å². The second-order valence-corrected chi connectivity index (χ2v) is 7.52. The maximum Gasteiger partial charge on any atom is 0.407 e. The number of unbranched alkanes of at least 4 members (excludes halogenated alkanes) is 1. The molecule has 0 aliphatic heterocycles. The number of carbonyl (C=O) groups is 2. The molecule has 152 valence electrons. The molecular formula is C19H29ClN2O5. The van der Waals surface area contributed by atoms with E-state index in [2.05, 4.69) is 10.6 Å². The van der Waals surface area contributed by atoms with Crippen LogP contribution < -0.4 is 10.6 Å². The average Bonchev–Trinajstić information content (AvgIpc) is 2.58. The van der Waals surface area contributed by atoms with Gasteiger partial charge >= 0.3 is 12.2 Å². The van der Waals surface area contributed by atoms with Crippen LogP contribution >= 0.6 is 11.6 Å². The summed E-state index contributed by atoms with van der Waals surface area (Å²) in [6, 6.07) is 6.78. The van der Waals surface area contributed by atoms with Gasteiger partial charge in [-0.05, 0) is 46.1 Å². The molecule has 0 aromatic heterocycles. The number of alkyl carbamates (subject to hydrolysis) is 2. The van der Waals surface area contributed by atoms with E-state index in [1.165, 1.54) is 0 Å². The van der Waals surface area contributed by atoms with Gasteiger partial charge in [-0.25, -0.2) is 9.59 Å². The Hall–Kier alpha value is -1.99. The highest BCUT2D eigenvalue weighted by Gasteiger charge is 2.18. The largest absolute Gasteiger partial charge is 0.445 e. The Morgan fingerprint density at radius 3 is 2.52 bits per heavy atom. The van der Waals surface area contributed by atoms with Gasteiger partial charge in [0.2, 0.25) is 0 Å². The van der Waals surface area contributed by atoms with Crippen LogP contribution in [-0.2, 0) is 16.1 Å². The van der Waals surface area contributed by atoms with E-state index in [1.807, 2.05) is 12.1 Å². The second kappa shape index (κ2) is 11.7. The van der Waals surface area contributed by atoms with E-state index in [9.17, 15) is 14.7 Å². The molecule has 7 nitrogen and oxygen atoms in total. The topological polar surface area (TPSA) is 96.9 Å². The number of amides is 2. The van der Waals surface area contributed by atoms with Crippen LogP contribution in [0.2, 0.25) is 5.02 Å². The molecule has 1 rings (SSSR count). The summed E-state index contributed by atoms with van der Waals surface area (Å²) >= 11 is 6.00. The first-order valence-corrected chi connectivity index (χ1v) is 9.33. The zero-order valence-corrected chi connectivity index (χ0v) is 16.8. The van der Waals surface area contributed by atoms with Crippen molar-refractivity contribution in [1.29, 1.82) is 0 Å². The van der Waals surface area contributed by atoms with Crippen LogP contribution in [0.3, 0.4) is 0 Å². The summed E-state index contributed by atoms with van der Waals surface area (Å²) in [6.45, 7) is 5.70. The molecule has 3 N–H and O–H groups in total. The number of rotatable bonds is 9. The van der Waals surface area contributed by atoms with Gasteiger partial charge in [-0.2, -0.15) is 0 Å². The van der Waals surface area contributed by atoms with Crippen LogP contribution in [-0.4, -0.2) is 42.1 Å². The van der Waals surface area contributed by atoms with Gasteiger partial charge in [0.05, 0.1) is 12.6 Å². The Balaban J connectivity index is 2.16. The lowest BCUT2D eigenvalue weighted by Gasteiger charge is -2.22. The van der Waals surface area contributed by atoms with Crippen LogP contribution in [0.5, 0.6) is 0 Å². The Bertz CT molecular complexity index is 604. The average molecular weight is 401 g/mol. The minimum absolute atomic E-state index is 0.109. The first-order valence-electron chi connectivity index (χ1n) is 8.95. The first kappa shape index (κ1) is 23.0. The molecule has 1 atom stereocenters. The van der Waals surface area contributed by atoms with Gasteiger partial charge < -0.3 is 25.2 Å². The number of hydrogen-bond acceptors (Lipinski definition) is 5. The number of halogens is 1. The molecule has 0 aliphatic carbocycles. The number of benzene rings is 1. The molecule has 0 saturated carbocycles. The second-order valence-electron chi connectivity index (χ2n) is 7.12. The third kappa shape index (κ3) is 10.7. The van der Waals surface area contributed by atoms with Crippen molar-refractivity contribution in [3.63, 3.8) is 0 Å². The van der Waals surface area contributed by atoms with Crippen LogP contribution in [0.25, 0.3) is 0 Å². The van der Waals surface area contributed by atoms with Crippen LogP contribution in [0.1, 0.15) is 45.6 Å². The van der Waals surface area contributed by atoms with Gasteiger partial charge in [0, 0.05) is 17.1 Å². The van der Waals surface area contributed by atoms with Gasteiger partial charge in [-0.15, -0.1) is 0 Å². The SMILES string of the molecule is CC(C)(C)OC(=O)NC(CO)CCCCNC(=O)OCc1ccccc1Cl. The molecule has 0 spiro atoms. The molecule has 0 fully saturated rings. The van der Waals surface area contributed by atoms with Gasteiger partial charge in [0.1, 0.15) is 12.2 Å². The van der Waals surface area contributed by atoms with Crippen LogP contribution in [0.4, 0.5) is 9.59 Å². The van der Waals surface area contributed by atoms with Crippen molar-refractivity contribution in [1.82, 2.24) is 10.6 Å². The highest BCUT2D eigenvalue weighted by Crippen LogP contribution is 2.15. The summed E-state index contributed by atoms with van der Waals surface area (Å²) in [4.78, 5) is 23.4. The molecule has 8 heteroatoms. The zero-order valence-electron chi connectivity index (χ0n) is 16.1. The van der Waals surface area contributed by atoms with Crippen molar-refractivity contribution in [2.24, 2.45) is 0 Å². The normalized spacial score (nSPS) is 12.2. The molecule has 1 unspecified atom stereocenters. The molecule has 0 radical (unpaired) electrons. The molecule has 0 heterocycles. The molecule has 2 amide bonds. The summed E-state index contributed by atoms with van der Waals surface area (Å²) in [5.74, 6) is 0. The van der Waals surface area contributed by atoms with E-state index in [1.54, 1.807) is 32.9 Å². The zero-order chi connectivity index (χ0) is 20.3. The highest BCUT2D eigenvalue weighted by atomic mass is 35.5. The fraction of sp³-hybridized carbons (Fsp3) is 0.579. The summed E-state index contributed by atoms with van der Waals surface area (Å²) in [5.41, 5.74) is 0.159. The lowest BCUT2D eigenvalue weighted by molar-refractivity contribution is 0.0478. The quantitative estimate of drug-likeness (QED) is 0.550. The lowest BCUT2D eigenvalue weighted by atomic mass is 10.1. The van der Waals surface area contributed by atoms with Gasteiger partial charge in [0.25, 0.3) is 0 Å². The van der Waals surface area contributed by atoms with Crippen molar-refractivity contribution in [3.05, 3.63) is 34.9 Å². The number of nitrogens with one attached hydrogen (secondary N) is 2. The number of aliphatic hydroxyl groups is 1. The molecule has 0 bridgehead atoms. The van der Waals surface area contributed by atoms with Crippen molar-refractivity contribution in [2.75, 3.05) is 13.2 Å². The van der Waals surface area contributed by atoms with E-state index in [4.69, 9.17) is 21.1 Å². The Labute approximate surface area is 165 Å². The minimum atomic E-state index is -0.585. The number of hydrogen-bond donors (Lipinski definition) is 3. The van der Waals surface area contributed by atoms with Crippen molar-refractivity contribution >= 4 is 23.8 Å². The van der Waals surface area contributed by atoms with E-state index < -0.39 is 17.8 Å². The fourth-order valence-electron chi connectivity index (χ4n) is 2.20. The predicted octanol–water partition coefficient (Wildman–Crippen LogP) is 3.62. The standard InChI is InChI=1S/C19H29ClN2O5/c1-19(2,3)27-18(25)22-15(12-23)9-6-7-11-21-17(24)26-13-14-8-4-5-10-16(14)20/h4-5,8,10,15,23H,6-7,9,11-13H2,1-3H3,(H,21,24)(H,22,25). The number of ether oxygens (including phenoxy) is 2. The maximum absolute atomic E-state index is 11.7. The Morgan fingerprint density at radius 2 is 1.89 bits per heavy atom. The van der Waals surface area contributed by atoms with Crippen molar-refractivity contribution in [2.45, 2.75) is 58.3 Å². The smallest absolute Gasteiger partial charge is 0.407 e. The highest BCUT2D eigenvalue weighted by molar-refractivity contribution is 6.31. The first-order chi connectivity index (χ1) is 12.7. The fourth-order valence-corrected chi connectivity index (χ4v) is 2.39. The van der Waals surface area contributed by atoms with Gasteiger partial charge in [-0.3, -0.25) is 0 Å². The summed E-state index contributed by atoms with van der Waals surface area (Å²) in [5, 5.41) is 15.2. The summed E-state index contributed by atoms with van der Waals surface area (Å²) in [6.07, 6.45) is 0.911. The number of aliphatic hydroxyl groups excluding tert-OH is 1. The monoisotopic (exact) mass is 400 g/mol. The Morgan fingerprint density at radius 1 is 1.19 bits per heavy atom. The lowest BCUT2D eigenvalue weighted by Crippen LogP contribution is -2.41. The molecule has 0 saturated heterocycles. The number of carbonyl (C=O) groups excluding carboxylic acids is 2. The Kier molecular flexibility index (Phi) is 9.96. The van der Waals surface area contributed by atoms with Crippen LogP contribution in [0.15, 0.2) is 24.3 Å². The van der Waals surface area contributed by atoms with Gasteiger partial charge in [0.15, 0.2) is 0 Å². The molecule has 1 aromatic carbocycles. The third-order valence-corrected chi connectivity index (χ3v) is 3.88.